The number of methoxy groups -OCH3 is 1. The topological polar surface area (TPSA) is 92.8 Å². The van der Waals surface area contributed by atoms with Crippen LogP contribution in [0.3, 0.4) is 0 Å². The monoisotopic (exact) mass is 464 g/mol. The molecule has 0 spiro atoms. The molecule has 168 valence electrons. The zero-order valence-electron chi connectivity index (χ0n) is 18.2. The van der Waals surface area contributed by atoms with Gasteiger partial charge in [0.25, 0.3) is 10.0 Å². The summed E-state index contributed by atoms with van der Waals surface area (Å²) in [7, 11) is -2.77. The first-order valence-electron chi connectivity index (χ1n) is 10.3. The number of hydrogen-bond acceptors (Lipinski definition) is 6. The van der Waals surface area contributed by atoms with Crippen LogP contribution >= 0.6 is 11.3 Å². The lowest BCUT2D eigenvalue weighted by Crippen LogP contribution is -2.36. The van der Waals surface area contributed by atoms with Gasteiger partial charge in [-0.05, 0) is 36.5 Å². The van der Waals surface area contributed by atoms with Gasteiger partial charge in [-0.3, -0.25) is 9.52 Å². The summed E-state index contributed by atoms with van der Waals surface area (Å²) in [5.74, 6) is -0.338. The summed E-state index contributed by atoms with van der Waals surface area (Å²) in [6, 6.07) is 7.04. The maximum Gasteiger partial charge on any atom is 0.340 e. The molecule has 31 heavy (non-hydrogen) atoms. The van der Waals surface area contributed by atoms with Crippen molar-refractivity contribution in [1.29, 1.82) is 0 Å². The Labute approximate surface area is 187 Å². The molecule has 1 aromatic heterocycles. The lowest BCUT2D eigenvalue weighted by Gasteiger charge is -2.28. The van der Waals surface area contributed by atoms with Crippen molar-refractivity contribution in [2.24, 2.45) is 5.92 Å². The number of rotatable bonds is 7. The molecule has 1 amide bonds. The number of carbonyl (C=O) groups excluding carboxylic acids is 2. The molecule has 9 heteroatoms. The van der Waals surface area contributed by atoms with Gasteiger partial charge in [0.1, 0.15) is 0 Å². The Kier molecular flexibility index (Phi) is 7.06. The van der Waals surface area contributed by atoms with Gasteiger partial charge in [0.2, 0.25) is 5.91 Å². The third-order valence-corrected chi connectivity index (χ3v) is 8.72. The number of para-hydroxylation sites is 1. The molecule has 0 saturated heterocycles. The van der Waals surface area contributed by atoms with Crippen LogP contribution in [0.15, 0.2) is 28.5 Å². The summed E-state index contributed by atoms with van der Waals surface area (Å²) in [6.45, 7) is 6.65. The standard InChI is InChI=1S/C22H28N2O5S2/c1-5-14(2)12-19(25)24-11-10-16-18(13-24)30-22(20(16)21(26)29-4)31(27,28)23-17-9-7-6-8-15(17)3/h6-9,14,23H,5,10-13H2,1-4H3/t14-/m0/s1. The van der Waals surface area contributed by atoms with E-state index in [4.69, 9.17) is 4.74 Å². The number of amides is 1. The van der Waals surface area contributed by atoms with Crippen molar-refractivity contribution in [2.75, 3.05) is 18.4 Å². The summed E-state index contributed by atoms with van der Waals surface area (Å²) in [4.78, 5) is 27.7. The predicted molar refractivity (Wildman–Crippen MR) is 121 cm³/mol. The molecule has 0 radical (unpaired) electrons. The molecular weight excluding hydrogens is 436 g/mol. The molecule has 1 aliphatic rings. The van der Waals surface area contributed by atoms with Crippen LogP contribution in [-0.4, -0.2) is 38.8 Å². The molecule has 0 fully saturated rings. The molecule has 1 N–H and O–H groups in total. The highest BCUT2D eigenvalue weighted by Crippen LogP contribution is 2.38. The number of nitrogens with zero attached hydrogens (tertiary/aromatic N) is 1. The van der Waals surface area contributed by atoms with Crippen molar-refractivity contribution < 1.29 is 22.7 Å². The quantitative estimate of drug-likeness (QED) is 0.626. The predicted octanol–water partition coefficient (Wildman–Crippen LogP) is 3.96. The number of ether oxygens (including phenoxy) is 1. The Morgan fingerprint density at radius 1 is 1.29 bits per heavy atom. The van der Waals surface area contributed by atoms with E-state index in [-0.39, 0.29) is 21.6 Å². The number of esters is 1. The van der Waals surface area contributed by atoms with Gasteiger partial charge >= 0.3 is 5.97 Å². The van der Waals surface area contributed by atoms with Crippen molar-refractivity contribution in [3.8, 4) is 0 Å². The highest BCUT2D eigenvalue weighted by molar-refractivity contribution is 7.94. The first kappa shape index (κ1) is 23.3. The van der Waals surface area contributed by atoms with Crippen LogP contribution < -0.4 is 4.72 Å². The van der Waals surface area contributed by atoms with Crippen molar-refractivity contribution in [3.63, 3.8) is 0 Å². The number of aryl methyl sites for hydroxylation is 1. The summed E-state index contributed by atoms with van der Waals surface area (Å²) in [5, 5.41) is 0. The van der Waals surface area contributed by atoms with Gasteiger partial charge in [-0.15, -0.1) is 11.3 Å². The number of fused-ring (bicyclic) bond motifs is 1. The van der Waals surface area contributed by atoms with Crippen LogP contribution in [0.5, 0.6) is 0 Å². The van der Waals surface area contributed by atoms with Gasteiger partial charge in [-0.2, -0.15) is 0 Å². The highest BCUT2D eigenvalue weighted by atomic mass is 32.2. The Bertz CT molecular complexity index is 1090. The van der Waals surface area contributed by atoms with E-state index >= 15 is 0 Å². The van der Waals surface area contributed by atoms with Gasteiger partial charge in [0.05, 0.1) is 24.9 Å². The SMILES string of the molecule is CC[C@H](C)CC(=O)N1CCc2c(sc(S(=O)(=O)Nc3ccccc3C)c2C(=O)OC)C1. The Balaban J connectivity index is 1.97. The molecule has 2 heterocycles. The van der Waals surface area contributed by atoms with E-state index in [0.29, 0.717) is 42.1 Å². The molecule has 0 unspecified atom stereocenters. The number of sulfonamides is 1. The number of carbonyl (C=O) groups is 2. The van der Waals surface area contributed by atoms with Crippen LogP contribution in [0.4, 0.5) is 5.69 Å². The fourth-order valence-electron chi connectivity index (χ4n) is 3.54. The van der Waals surface area contributed by atoms with Crippen molar-refractivity contribution in [1.82, 2.24) is 4.90 Å². The lowest BCUT2D eigenvalue weighted by atomic mass is 10.0. The first-order valence-corrected chi connectivity index (χ1v) is 12.6. The number of anilines is 1. The second-order valence-electron chi connectivity index (χ2n) is 7.86. The van der Waals surface area contributed by atoms with Crippen molar-refractivity contribution in [2.45, 2.75) is 50.8 Å². The summed E-state index contributed by atoms with van der Waals surface area (Å²) in [6.07, 6.45) is 1.80. The lowest BCUT2D eigenvalue weighted by molar-refractivity contribution is -0.133. The molecule has 3 rings (SSSR count). The van der Waals surface area contributed by atoms with E-state index in [1.54, 1.807) is 30.0 Å². The van der Waals surface area contributed by atoms with E-state index in [9.17, 15) is 18.0 Å². The van der Waals surface area contributed by atoms with E-state index in [2.05, 4.69) is 4.72 Å². The van der Waals surface area contributed by atoms with Crippen LogP contribution in [0.2, 0.25) is 0 Å². The van der Waals surface area contributed by atoms with Gasteiger partial charge in [0, 0.05) is 17.8 Å². The molecule has 1 aromatic carbocycles. The maximum atomic E-state index is 13.2. The van der Waals surface area contributed by atoms with E-state index in [1.807, 2.05) is 19.9 Å². The van der Waals surface area contributed by atoms with Gasteiger partial charge < -0.3 is 9.64 Å². The van der Waals surface area contributed by atoms with E-state index in [1.165, 1.54) is 7.11 Å². The number of nitrogens with one attached hydrogen (secondary N) is 1. The van der Waals surface area contributed by atoms with Gasteiger partial charge in [0.15, 0.2) is 4.21 Å². The Hall–Kier alpha value is -2.39. The summed E-state index contributed by atoms with van der Waals surface area (Å²) < 4.78 is 33.9. The Morgan fingerprint density at radius 2 is 2.00 bits per heavy atom. The van der Waals surface area contributed by atoms with Crippen molar-refractivity contribution >= 4 is 38.9 Å². The minimum Gasteiger partial charge on any atom is -0.465 e. The molecule has 2 aromatic rings. The second-order valence-corrected chi connectivity index (χ2v) is 10.8. The zero-order valence-corrected chi connectivity index (χ0v) is 19.9. The molecule has 1 aliphatic heterocycles. The minimum atomic E-state index is -4.01. The van der Waals surface area contributed by atoms with E-state index < -0.39 is 16.0 Å². The highest BCUT2D eigenvalue weighted by Gasteiger charge is 2.35. The fraction of sp³-hybridized carbons (Fsp3) is 0.455. The fourth-order valence-corrected chi connectivity index (χ4v) is 6.57. The molecule has 0 aliphatic carbocycles. The first-order chi connectivity index (χ1) is 14.7. The molecular formula is C22H28N2O5S2. The van der Waals surface area contributed by atoms with Crippen molar-refractivity contribution in [3.05, 3.63) is 45.8 Å². The third kappa shape index (κ3) is 4.93. The molecule has 7 nitrogen and oxygen atoms in total. The molecule has 0 bridgehead atoms. The average molecular weight is 465 g/mol. The molecule has 0 saturated carbocycles. The maximum absolute atomic E-state index is 13.2. The van der Waals surface area contributed by atoms with E-state index in [0.717, 1.165) is 23.3 Å². The van der Waals surface area contributed by atoms with Crippen LogP contribution in [0.1, 0.15) is 53.1 Å². The Morgan fingerprint density at radius 3 is 2.65 bits per heavy atom. The van der Waals surface area contributed by atoms with Gasteiger partial charge in [-0.1, -0.05) is 38.5 Å². The van der Waals surface area contributed by atoms with Crippen LogP contribution in [0, 0.1) is 12.8 Å². The normalized spacial score (nSPS) is 14.6. The minimum absolute atomic E-state index is 0.0514. The summed E-state index contributed by atoms with van der Waals surface area (Å²) in [5.41, 5.74) is 1.97. The second kappa shape index (κ2) is 9.40. The number of thiophene rings is 1. The third-order valence-electron chi connectivity index (χ3n) is 5.62. The number of hydrogen-bond donors (Lipinski definition) is 1. The van der Waals surface area contributed by atoms with Crippen LogP contribution in [0.25, 0.3) is 0 Å². The smallest absolute Gasteiger partial charge is 0.340 e. The average Bonchev–Trinajstić information content (AvgIpc) is 3.14. The van der Waals surface area contributed by atoms with Crippen LogP contribution in [-0.2, 0) is 32.5 Å². The largest absolute Gasteiger partial charge is 0.465 e. The molecule has 1 atom stereocenters. The number of benzene rings is 1. The van der Waals surface area contributed by atoms with Gasteiger partial charge in [-0.25, -0.2) is 13.2 Å². The summed E-state index contributed by atoms with van der Waals surface area (Å²) >= 11 is 1.04. The zero-order chi connectivity index (χ0) is 22.8.